The van der Waals surface area contributed by atoms with E-state index < -0.39 is 5.97 Å². The highest BCUT2D eigenvalue weighted by molar-refractivity contribution is 9.10. The van der Waals surface area contributed by atoms with Crippen molar-refractivity contribution in [1.82, 2.24) is 5.16 Å². The number of hydrogen-bond acceptors (Lipinski definition) is 4. The minimum atomic E-state index is -1.16. The molecule has 5 nitrogen and oxygen atoms in total. The second-order valence-electron chi connectivity index (χ2n) is 3.08. The summed E-state index contributed by atoms with van der Waals surface area (Å²) in [4.78, 5) is 11.0. The van der Waals surface area contributed by atoms with Gasteiger partial charge in [0.1, 0.15) is 0 Å². The second kappa shape index (κ2) is 3.97. The van der Waals surface area contributed by atoms with Gasteiger partial charge in [0.25, 0.3) is 0 Å². The van der Waals surface area contributed by atoms with Crippen molar-refractivity contribution in [2.24, 2.45) is 0 Å². The van der Waals surface area contributed by atoms with E-state index in [9.17, 15) is 4.79 Å². The van der Waals surface area contributed by atoms with Crippen LogP contribution in [0.15, 0.2) is 33.3 Å². The number of anilines is 1. The standard InChI is InChI=1S/C10H7BrN2O3/c11-6-3-1-5(2-4-6)8-7(10(14)15)9(12)13-16-8/h1-4H,(H2,12,13)(H,14,15). The van der Waals surface area contributed by atoms with Gasteiger partial charge >= 0.3 is 5.97 Å². The van der Waals surface area contributed by atoms with Crippen LogP contribution in [-0.2, 0) is 0 Å². The minimum Gasteiger partial charge on any atom is -0.477 e. The third-order valence-corrected chi connectivity index (χ3v) is 2.57. The Hall–Kier alpha value is -1.82. The minimum absolute atomic E-state index is 0.109. The maximum absolute atomic E-state index is 11.0. The van der Waals surface area contributed by atoms with Gasteiger partial charge in [-0.25, -0.2) is 4.79 Å². The van der Waals surface area contributed by atoms with Crippen LogP contribution in [0.25, 0.3) is 11.3 Å². The van der Waals surface area contributed by atoms with Crippen LogP contribution in [0, 0.1) is 0 Å². The molecule has 1 heterocycles. The first kappa shape index (κ1) is 10.7. The van der Waals surface area contributed by atoms with E-state index in [0.717, 1.165) is 4.47 Å². The van der Waals surface area contributed by atoms with Crippen LogP contribution >= 0.6 is 15.9 Å². The zero-order chi connectivity index (χ0) is 11.7. The molecule has 0 saturated carbocycles. The third-order valence-electron chi connectivity index (χ3n) is 2.04. The molecule has 0 aliphatic rings. The number of benzene rings is 1. The number of rotatable bonds is 2. The van der Waals surface area contributed by atoms with Gasteiger partial charge in [0.05, 0.1) is 0 Å². The Bertz CT molecular complexity index is 533. The molecule has 0 spiro atoms. The summed E-state index contributed by atoms with van der Waals surface area (Å²) >= 11 is 3.28. The Morgan fingerprint density at radius 3 is 2.56 bits per heavy atom. The highest BCUT2D eigenvalue weighted by Crippen LogP contribution is 2.28. The number of nitrogens with two attached hydrogens (primary N) is 1. The molecule has 1 aromatic carbocycles. The molecule has 0 amide bonds. The molecule has 0 unspecified atom stereocenters. The Labute approximate surface area is 99.0 Å². The first-order chi connectivity index (χ1) is 7.59. The summed E-state index contributed by atoms with van der Waals surface area (Å²) in [6.45, 7) is 0. The van der Waals surface area contributed by atoms with Crippen molar-refractivity contribution < 1.29 is 14.4 Å². The number of carboxylic acids is 1. The molecule has 82 valence electrons. The first-order valence-corrected chi connectivity index (χ1v) is 5.13. The van der Waals surface area contributed by atoms with Crippen molar-refractivity contribution in [3.05, 3.63) is 34.3 Å². The summed E-state index contributed by atoms with van der Waals surface area (Å²) in [6.07, 6.45) is 0. The predicted molar refractivity (Wildman–Crippen MR) is 61.0 cm³/mol. The van der Waals surface area contributed by atoms with Crippen molar-refractivity contribution >= 4 is 27.7 Å². The largest absolute Gasteiger partial charge is 0.477 e. The smallest absolute Gasteiger partial charge is 0.343 e. The van der Waals surface area contributed by atoms with Gasteiger partial charge in [-0.2, -0.15) is 0 Å². The van der Waals surface area contributed by atoms with E-state index >= 15 is 0 Å². The Morgan fingerprint density at radius 1 is 1.38 bits per heavy atom. The summed E-state index contributed by atoms with van der Waals surface area (Å²) in [7, 11) is 0. The second-order valence-corrected chi connectivity index (χ2v) is 4.00. The molecule has 0 bridgehead atoms. The molecule has 0 fully saturated rings. The number of aromatic carboxylic acids is 1. The average molecular weight is 283 g/mol. The molecule has 0 aliphatic heterocycles. The Kier molecular flexibility index (Phi) is 2.66. The third kappa shape index (κ3) is 1.79. The molecule has 1 aromatic heterocycles. The molecule has 0 saturated heterocycles. The number of nitrogen functional groups attached to an aromatic ring is 1. The number of nitrogens with zero attached hydrogens (tertiary/aromatic N) is 1. The Balaban J connectivity index is 2.56. The van der Waals surface area contributed by atoms with Crippen LogP contribution < -0.4 is 5.73 Å². The average Bonchev–Trinajstić information content (AvgIpc) is 2.61. The molecule has 2 aromatic rings. The Morgan fingerprint density at radius 2 is 2.00 bits per heavy atom. The SMILES string of the molecule is Nc1noc(-c2ccc(Br)cc2)c1C(=O)O. The van der Waals surface area contributed by atoms with Gasteiger partial charge in [0, 0.05) is 10.0 Å². The number of halogens is 1. The molecule has 0 aliphatic carbocycles. The zero-order valence-electron chi connectivity index (χ0n) is 7.98. The van der Waals surface area contributed by atoms with E-state index in [1.54, 1.807) is 24.3 Å². The van der Waals surface area contributed by atoms with Crippen molar-refractivity contribution in [3.63, 3.8) is 0 Å². The molecule has 6 heteroatoms. The lowest BCUT2D eigenvalue weighted by molar-refractivity contribution is 0.0698. The maximum Gasteiger partial charge on any atom is 0.343 e. The number of aromatic nitrogens is 1. The van der Waals surface area contributed by atoms with Crippen molar-refractivity contribution in [3.8, 4) is 11.3 Å². The van der Waals surface area contributed by atoms with E-state index in [2.05, 4.69) is 21.1 Å². The van der Waals surface area contributed by atoms with Crippen LogP contribution in [0.2, 0.25) is 0 Å². The molecule has 3 N–H and O–H groups in total. The fraction of sp³-hybridized carbons (Fsp3) is 0. The van der Waals surface area contributed by atoms with E-state index in [1.807, 2.05) is 0 Å². The van der Waals surface area contributed by atoms with Crippen LogP contribution in [0.3, 0.4) is 0 Å². The number of hydrogen-bond donors (Lipinski definition) is 2. The lowest BCUT2D eigenvalue weighted by atomic mass is 10.1. The van der Waals surface area contributed by atoms with Crippen LogP contribution in [0.4, 0.5) is 5.82 Å². The van der Waals surface area contributed by atoms with E-state index in [1.165, 1.54) is 0 Å². The first-order valence-electron chi connectivity index (χ1n) is 4.34. The summed E-state index contributed by atoms with van der Waals surface area (Å²) in [5, 5.41) is 12.4. The van der Waals surface area contributed by atoms with E-state index in [4.69, 9.17) is 15.4 Å². The predicted octanol–water partition coefficient (Wildman–Crippen LogP) is 2.38. The highest BCUT2D eigenvalue weighted by Gasteiger charge is 2.21. The lowest BCUT2D eigenvalue weighted by Gasteiger charge is -1.97. The number of carboxylic acid groups (broad SMARTS) is 1. The molecule has 0 radical (unpaired) electrons. The molecular weight excluding hydrogens is 276 g/mol. The normalized spacial score (nSPS) is 10.3. The fourth-order valence-electron chi connectivity index (χ4n) is 1.31. The van der Waals surface area contributed by atoms with Crippen molar-refractivity contribution in [1.29, 1.82) is 0 Å². The van der Waals surface area contributed by atoms with Gasteiger partial charge in [-0.05, 0) is 24.3 Å². The number of carbonyl (C=O) groups is 1. The van der Waals surface area contributed by atoms with Crippen LogP contribution in [0.1, 0.15) is 10.4 Å². The van der Waals surface area contributed by atoms with Crippen LogP contribution in [-0.4, -0.2) is 16.2 Å². The lowest BCUT2D eigenvalue weighted by Crippen LogP contribution is -2.01. The summed E-state index contributed by atoms with van der Waals surface area (Å²) in [6, 6.07) is 6.99. The zero-order valence-corrected chi connectivity index (χ0v) is 9.56. The topological polar surface area (TPSA) is 89.4 Å². The summed E-state index contributed by atoms with van der Waals surface area (Å²) < 4.78 is 5.80. The molecule has 2 rings (SSSR count). The van der Waals surface area contributed by atoms with Gasteiger partial charge in [-0.1, -0.05) is 21.1 Å². The van der Waals surface area contributed by atoms with Gasteiger partial charge in [0.2, 0.25) is 0 Å². The molecular formula is C10H7BrN2O3. The molecule has 16 heavy (non-hydrogen) atoms. The molecule has 0 atom stereocenters. The summed E-state index contributed by atoms with van der Waals surface area (Å²) in [5.41, 5.74) is 5.92. The van der Waals surface area contributed by atoms with Crippen molar-refractivity contribution in [2.75, 3.05) is 5.73 Å². The van der Waals surface area contributed by atoms with Gasteiger partial charge < -0.3 is 15.4 Å². The monoisotopic (exact) mass is 282 g/mol. The highest BCUT2D eigenvalue weighted by atomic mass is 79.9. The summed E-state index contributed by atoms with van der Waals surface area (Å²) in [5.74, 6) is -1.11. The van der Waals surface area contributed by atoms with Gasteiger partial charge in [0.15, 0.2) is 17.1 Å². The van der Waals surface area contributed by atoms with E-state index in [-0.39, 0.29) is 17.1 Å². The maximum atomic E-state index is 11.0. The van der Waals surface area contributed by atoms with E-state index in [0.29, 0.717) is 5.56 Å². The fourth-order valence-corrected chi connectivity index (χ4v) is 1.57. The van der Waals surface area contributed by atoms with Crippen molar-refractivity contribution in [2.45, 2.75) is 0 Å². The van der Waals surface area contributed by atoms with Crippen LogP contribution in [0.5, 0.6) is 0 Å². The van der Waals surface area contributed by atoms with Gasteiger partial charge in [-0.3, -0.25) is 0 Å². The quantitative estimate of drug-likeness (QED) is 0.883. The van der Waals surface area contributed by atoms with Gasteiger partial charge in [-0.15, -0.1) is 0 Å².